The number of nitrogens with zero attached hydrogens (tertiary/aromatic N) is 3. The third-order valence-corrected chi connectivity index (χ3v) is 5.13. The monoisotopic (exact) mass is 362 g/mol. The van der Waals surface area contributed by atoms with E-state index in [0.717, 1.165) is 25.2 Å². The molecule has 7 nitrogen and oxygen atoms in total. The quantitative estimate of drug-likeness (QED) is 0.648. The molecule has 0 radical (unpaired) electrons. The fourth-order valence-corrected chi connectivity index (χ4v) is 3.62. The van der Waals surface area contributed by atoms with Crippen LogP contribution < -0.4 is 5.32 Å². The second-order valence-corrected chi connectivity index (χ2v) is 7.38. The van der Waals surface area contributed by atoms with Gasteiger partial charge in [-0.25, -0.2) is 4.68 Å². The number of aromatic nitrogens is 2. The van der Waals surface area contributed by atoms with Crippen LogP contribution >= 0.6 is 0 Å². The van der Waals surface area contributed by atoms with Crippen LogP contribution in [-0.2, 0) is 14.3 Å². The zero-order valence-corrected chi connectivity index (χ0v) is 15.7. The Balaban J connectivity index is 1.52. The first-order valence-corrected chi connectivity index (χ1v) is 9.87. The molecule has 0 spiro atoms. The van der Waals surface area contributed by atoms with Gasteiger partial charge in [-0.3, -0.25) is 14.5 Å². The number of carbonyl (C=O) groups excluding carboxylic acids is 2. The van der Waals surface area contributed by atoms with E-state index in [2.05, 4.69) is 15.3 Å². The normalized spacial score (nSPS) is 17.6. The summed E-state index contributed by atoms with van der Waals surface area (Å²) in [6, 6.07) is 2.26. The summed E-state index contributed by atoms with van der Waals surface area (Å²) in [5.41, 5.74) is 0. The van der Waals surface area contributed by atoms with Crippen LogP contribution in [0, 0.1) is 5.92 Å². The van der Waals surface area contributed by atoms with Crippen LogP contribution in [0.3, 0.4) is 0 Å². The number of hydrogen-bond acceptors (Lipinski definition) is 5. The van der Waals surface area contributed by atoms with E-state index in [0.29, 0.717) is 38.1 Å². The Morgan fingerprint density at radius 2 is 2.08 bits per heavy atom. The molecule has 0 bridgehead atoms. The van der Waals surface area contributed by atoms with E-state index in [1.807, 2.05) is 10.7 Å². The number of anilines is 1. The van der Waals surface area contributed by atoms with Gasteiger partial charge in [0.25, 0.3) is 0 Å². The van der Waals surface area contributed by atoms with E-state index in [4.69, 9.17) is 4.74 Å². The largest absolute Gasteiger partial charge is 0.466 e. The van der Waals surface area contributed by atoms with Gasteiger partial charge >= 0.3 is 5.97 Å². The third kappa shape index (κ3) is 5.56. The van der Waals surface area contributed by atoms with E-state index in [-0.39, 0.29) is 11.9 Å². The molecule has 1 amide bonds. The van der Waals surface area contributed by atoms with Crippen molar-refractivity contribution in [1.29, 1.82) is 0 Å². The Labute approximate surface area is 155 Å². The van der Waals surface area contributed by atoms with Crippen molar-refractivity contribution in [3.05, 3.63) is 12.3 Å². The van der Waals surface area contributed by atoms with Crippen LogP contribution in [0.5, 0.6) is 0 Å². The van der Waals surface area contributed by atoms with Crippen LogP contribution in [0.25, 0.3) is 0 Å². The Morgan fingerprint density at radius 3 is 2.77 bits per heavy atom. The predicted octanol–water partition coefficient (Wildman–Crippen LogP) is 2.60. The number of carbonyl (C=O) groups is 2. The molecule has 2 aliphatic rings. The van der Waals surface area contributed by atoms with Gasteiger partial charge in [-0.2, -0.15) is 5.10 Å². The maximum atomic E-state index is 12.6. The molecule has 0 unspecified atom stereocenters. The fraction of sp³-hybridized carbons (Fsp3) is 0.737. The van der Waals surface area contributed by atoms with Crippen molar-refractivity contribution < 1.29 is 14.3 Å². The van der Waals surface area contributed by atoms with E-state index < -0.39 is 0 Å². The number of rotatable bonds is 10. The minimum absolute atomic E-state index is 0.0470. The molecule has 3 rings (SSSR count). The van der Waals surface area contributed by atoms with Gasteiger partial charge in [0.2, 0.25) is 5.91 Å². The Morgan fingerprint density at radius 1 is 1.31 bits per heavy atom. The zero-order chi connectivity index (χ0) is 18.4. The van der Waals surface area contributed by atoms with Gasteiger partial charge in [0, 0.05) is 19.2 Å². The molecule has 2 aliphatic carbocycles. The van der Waals surface area contributed by atoms with Gasteiger partial charge in [0.1, 0.15) is 5.82 Å². The molecule has 144 valence electrons. The summed E-state index contributed by atoms with van der Waals surface area (Å²) in [6.07, 6.45) is 9.19. The average Bonchev–Trinajstić information content (AvgIpc) is 3.08. The lowest BCUT2D eigenvalue weighted by Gasteiger charge is -2.22. The van der Waals surface area contributed by atoms with Crippen molar-refractivity contribution in [2.75, 3.05) is 31.6 Å². The molecule has 0 aliphatic heterocycles. The van der Waals surface area contributed by atoms with Crippen molar-refractivity contribution in [2.45, 2.75) is 57.9 Å². The molecule has 1 aromatic heterocycles. The molecule has 0 saturated heterocycles. The first-order chi connectivity index (χ1) is 12.7. The van der Waals surface area contributed by atoms with Gasteiger partial charge < -0.3 is 10.1 Å². The summed E-state index contributed by atoms with van der Waals surface area (Å²) in [4.78, 5) is 26.2. The summed E-state index contributed by atoms with van der Waals surface area (Å²) in [5, 5.41) is 7.40. The van der Waals surface area contributed by atoms with Crippen molar-refractivity contribution in [2.24, 2.45) is 5.92 Å². The van der Waals surface area contributed by atoms with Crippen LogP contribution in [0.15, 0.2) is 12.3 Å². The van der Waals surface area contributed by atoms with Crippen LogP contribution in [0.2, 0.25) is 0 Å². The van der Waals surface area contributed by atoms with Crippen molar-refractivity contribution in [1.82, 2.24) is 14.7 Å². The van der Waals surface area contributed by atoms with Crippen LogP contribution in [-0.4, -0.2) is 52.8 Å². The van der Waals surface area contributed by atoms with E-state index in [1.54, 1.807) is 13.1 Å². The average molecular weight is 362 g/mol. The van der Waals surface area contributed by atoms with Gasteiger partial charge in [-0.15, -0.1) is 0 Å². The third-order valence-electron chi connectivity index (χ3n) is 5.13. The lowest BCUT2D eigenvalue weighted by atomic mass is 10.2. The SMILES string of the molecule is CCOC(=O)CCN(CC(=O)Nc1ccnn1C1CCCC1)CC1CC1. The molecule has 7 heteroatoms. The molecule has 1 heterocycles. The number of amides is 1. The number of hydrogen-bond donors (Lipinski definition) is 1. The molecule has 1 N–H and O–H groups in total. The summed E-state index contributed by atoms with van der Waals surface area (Å²) < 4.78 is 6.95. The zero-order valence-electron chi connectivity index (χ0n) is 15.7. The minimum Gasteiger partial charge on any atom is -0.466 e. The molecule has 26 heavy (non-hydrogen) atoms. The maximum absolute atomic E-state index is 12.6. The lowest BCUT2D eigenvalue weighted by Crippen LogP contribution is -2.36. The lowest BCUT2D eigenvalue weighted by molar-refractivity contribution is -0.143. The van der Waals surface area contributed by atoms with Crippen molar-refractivity contribution in [3.8, 4) is 0 Å². The van der Waals surface area contributed by atoms with E-state index in [9.17, 15) is 9.59 Å². The fourth-order valence-electron chi connectivity index (χ4n) is 3.62. The topological polar surface area (TPSA) is 76.5 Å². The van der Waals surface area contributed by atoms with Gasteiger partial charge in [0.15, 0.2) is 0 Å². The van der Waals surface area contributed by atoms with Gasteiger partial charge in [-0.05, 0) is 38.5 Å². The first-order valence-electron chi connectivity index (χ1n) is 9.87. The molecule has 2 saturated carbocycles. The molecule has 1 aromatic rings. The van der Waals surface area contributed by atoms with Crippen molar-refractivity contribution in [3.63, 3.8) is 0 Å². The standard InChI is InChI=1S/C19H30N4O3/c1-2-26-19(25)10-12-22(13-15-7-8-15)14-18(24)21-17-9-11-20-23(17)16-5-3-4-6-16/h9,11,15-16H,2-8,10,12-14H2,1H3,(H,21,24). The van der Waals surface area contributed by atoms with Gasteiger partial charge in [-0.1, -0.05) is 12.8 Å². The molecule has 0 aromatic carbocycles. The Hall–Kier alpha value is -1.89. The second-order valence-electron chi connectivity index (χ2n) is 7.38. The number of esters is 1. The maximum Gasteiger partial charge on any atom is 0.307 e. The predicted molar refractivity (Wildman–Crippen MR) is 98.8 cm³/mol. The molecular weight excluding hydrogens is 332 g/mol. The van der Waals surface area contributed by atoms with Crippen LogP contribution in [0.4, 0.5) is 5.82 Å². The van der Waals surface area contributed by atoms with E-state index in [1.165, 1.54) is 25.7 Å². The molecule has 2 fully saturated rings. The summed E-state index contributed by atoms with van der Waals surface area (Å²) >= 11 is 0. The summed E-state index contributed by atoms with van der Waals surface area (Å²) in [5.74, 6) is 1.19. The molecular formula is C19H30N4O3. The number of ether oxygens (including phenoxy) is 1. The highest BCUT2D eigenvalue weighted by molar-refractivity contribution is 5.91. The van der Waals surface area contributed by atoms with Crippen LogP contribution in [0.1, 0.15) is 57.9 Å². The summed E-state index contributed by atoms with van der Waals surface area (Å²) in [7, 11) is 0. The molecule has 0 atom stereocenters. The number of nitrogens with one attached hydrogen (secondary N) is 1. The first kappa shape index (κ1) is 18.9. The second kappa shape index (κ2) is 9.16. The summed E-state index contributed by atoms with van der Waals surface area (Å²) in [6.45, 7) is 3.93. The minimum atomic E-state index is -0.201. The van der Waals surface area contributed by atoms with E-state index >= 15 is 0 Å². The van der Waals surface area contributed by atoms with Gasteiger partial charge in [0.05, 0.1) is 31.8 Å². The highest BCUT2D eigenvalue weighted by Gasteiger charge is 2.26. The van der Waals surface area contributed by atoms with Crippen molar-refractivity contribution >= 4 is 17.7 Å². The smallest absolute Gasteiger partial charge is 0.307 e. The Bertz CT molecular complexity index is 606. The highest BCUT2D eigenvalue weighted by atomic mass is 16.5. The Kier molecular flexibility index (Phi) is 6.66. The highest BCUT2D eigenvalue weighted by Crippen LogP contribution is 2.31.